The zero-order chi connectivity index (χ0) is 28.4. The van der Waals surface area contributed by atoms with E-state index in [4.69, 9.17) is 9.47 Å². The van der Waals surface area contributed by atoms with Crippen molar-refractivity contribution in [3.63, 3.8) is 0 Å². The van der Waals surface area contributed by atoms with Crippen molar-refractivity contribution in [2.24, 2.45) is 0 Å². The van der Waals surface area contributed by atoms with Crippen molar-refractivity contribution in [2.75, 3.05) is 30.5 Å². The number of hydrogen-bond acceptors (Lipinski definition) is 10. The van der Waals surface area contributed by atoms with Crippen molar-refractivity contribution in [3.8, 4) is 17.0 Å². The Balaban J connectivity index is 1.43. The van der Waals surface area contributed by atoms with Crippen molar-refractivity contribution >= 4 is 40.3 Å². The molecule has 1 aromatic carbocycles. The fraction of sp³-hybridized carbons (Fsp3) is 0.310. The van der Waals surface area contributed by atoms with E-state index in [0.717, 1.165) is 27.6 Å². The number of esters is 1. The van der Waals surface area contributed by atoms with Gasteiger partial charge in [-0.2, -0.15) is 0 Å². The lowest BCUT2D eigenvalue weighted by Crippen LogP contribution is -2.42. The summed E-state index contributed by atoms with van der Waals surface area (Å²) in [7, 11) is 1.34. The van der Waals surface area contributed by atoms with Crippen LogP contribution >= 0.6 is 0 Å². The topological polar surface area (TPSA) is 129 Å². The molecule has 206 valence electrons. The molecule has 3 aromatic heterocycles. The number of ether oxygens (including phenoxy) is 3. The van der Waals surface area contributed by atoms with E-state index in [2.05, 4.69) is 30.0 Å². The van der Waals surface area contributed by atoms with Gasteiger partial charge in [0.2, 0.25) is 11.8 Å². The van der Waals surface area contributed by atoms with E-state index in [1.807, 2.05) is 45.9 Å². The summed E-state index contributed by atoms with van der Waals surface area (Å²) in [4.78, 5) is 44.0. The number of rotatable bonds is 5. The Kier molecular flexibility index (Phi) is 7.20. The Bertz CT molecular complexity index is 1580. The summed E-state index contributed by atoms with van der Waals surface area (Å²) >= 11 is 0. The third-order valence-electron chi connectivity index (χ3n) is 6.24. The maximum atomic E-state index is 13.0. The van der Waals surface area contributed by atoms with Gasteiger partial charge in [0.15, 0.2) is 0 Å². The van der Waals surface area contributed by atoms with Crippen LogP contribution in [0.1, 0.15) is 32.0 Å². The van der Waals surface area contributed by atoms with Gasteiger partial charge in [0, 0.05) is 23.3 Å². The Hall–Kier alpha value is -4.80. The number of hydrogen-bond donors (Lipinski definition) is 1. The highest BCUT2D eigenvalue weighted by molar-refractivity contribution is 5.94. The van der Waals surface area contributed by atoms with Crippen LogP contribution in [-0.4, -0.2) is 57.9 Å². The molecular formula is C29H30N6O5. The summed E-state index contributed by atoms with van der Waals surface area (Å²) in [5.41, 5.74) is 4.56. The second kappa shape index (κ2) is 10.8. The maximum Gasteiger partial charge on any atom is 0.415 e. The molecule has 0 bridgehead atoms. The number of anilines is 3. The van der Waals surface area contributed by atoms with E-state index in [9.17, 15) is 9.59 Å². The third-order valence-corrected chi connectivity index (χ3v) is 6.24. The van der Waals surface area contributed by atoms with Gasteiger partial charge in [-0.15, -0.1) is 0 Å². The fourth-order valence-corrected chi connectivity index (χ4v) is 4.33. The summed E-state index contributed by atoms with van der Waals surface area (Å²) < 4.78 is 16.1. The second-order valence-corrected chi connectivity index (χ2v) is 10.3. The fourth-order valence-electron chi connectivity index (χ4n) is 4.33. The lowest BCUT2D eigenvalue weighted by atomic mass is 9.99. The first-order valence-electron chi connectivity index (χ1n) is 12.8. The van der Waals surface area contributed by atoms with Gasteiger partial charge in [-0.05, 0) is 57.0 Å². The summed E-state index contributed by atoms with van der Waals surface area (Å²) in [6.45, 7) is 8.16. The number of carbonyl (C=O) groups excluding carboxylic acids is 2. The van der Waals surface area contributed by atoms with E-state index >= 15 is 0 Å². The molecule has 0 radical (unpaired) electrons. The van der Waals surface area contributed by atoms with E-state index in [1.165, 1.54) is 7.11 Å². The van der Waals surface area contributed by atoms with E-state index in [1.54, 1.807) is 35.6 Å². The zero-order valence-corrected chi connectivity index (χ0v) is 23.0. The third kappa shape index (κ3) is 5.78. The van der Waals surface area contributed by atoms with Crippen molar-refractivity contribution in [1.29, 1.82) is 0 Å². The van der Waals surface area contributed by atoms with Crippen molar-refractivity contribution in [3.05, 3.63) is 60.2 Å². The minimum atomic E-state index is -0.626. The van der Waals surface area contributed by atoms with Crippen LogP contribution in [0.4, 0.5) is 22.1 Å². The minimum Gasteiger partial charge on any atom is -0.474 e. The van der Waals surface area contributed by atoms with Gasteiger partial charge in [0.05, 0.1) is 43.2 Å². The van der Waals surface area contributed by atoms with Gasteiger partial charge in [0.25, 0.3) is 0 Å². The molecule has 0 atom stereocenters. The molecule has 1 aliphatic heterocycles. The van der Waals surface area contributed by atoms with Gasteiger partial charge in [-0.3, -0.25) is 14.7 Å². The summed E-state index contributed by atoms with van der Waals surface area (Å²) in [6.07, 6.45) is 4.77. The number of aromatic nitrogens is 4. The predicted molar refractivity (Wildman–Crippen MR) is 150 cm³/mol. The van der Waals surface area contributed by atoms with Crippen molar-refractivity contribution in [2.45, 2.75) is 39.7 Å². The molecule has 5 rings (SSSR count). The molecule has 1 N–H and O–H groups in total. The molecule has 1 amide bonds. The van der Waals surface area contributed by atoms with Crippen molar-refractivity contribution in [1.82, 2.24) is 19.9 Å². The van der Waals surface area contributed by atoms with Crippen LogP contribution in [0.5, 0.6) is 5.88 Å². The van der Waals surface area contributed by atoms with Crippen LogP contribution in [0, 0.1) is 6.92 Å². The number of benzene rings is 1. The predicted octanol–water partition coefficient (Wildman–Crippen LogP) is 4.99. The molecule has 11 nitrogen and oxygen atoms in total. The molecule has 0 unspecified atom stereocenters. The highest BCUT2D eigenvalue weighted by Gasteiger charge is 2.31. The Morgan fingerprint density at radius 3 is 2.62 bits per heavy atom. The van der Waals surface area contributed by atoms with Crippen LogP contribution in [0.25, 0.3) is 22.0 Å². The molecule has 4 heterocycles. The largest absolute Gasteiger partial charge is 0.474 e. The SMILES string of the molecule is COC(=O)Cc1ccc(Nc2ncc3ccc(-c4cnc5c(c4C)N(C(=O)OC(C)(C)C)CCO5)cc3n2)cn1. The summed E-state index contributed by atoms with van der Waals surface area (Å²) in [5.74, 6) is 0.451. The highest BCUT2D eigenvalue weighted by Crippen LogP contribution is 2.39. The molecule has 40 heavy (non-hydrogen) atoms. The lowest BCUT2D eigenvalue weighted by Gasteiger charge is -2.32. The molecular weight excluding hydrogens is 512 g/mol. The zero-order valence-electron chi connectivity index (χ0n) is 23.0. The highest BCUT2D eigenvalue weighted by atomic mass is 16.6. The number of carbonyl (C=O) groups is 2. The molecule has 1 aliphatic rings. The minimum absolute atomic E-state index is 0.102. The van der Waals surface area contributed by atoms with E-state index < -0.39 is 11.7 Å². The molecule has 4 aromatic rings. The standard InChI is InChI=1S/C29H30N6O5/c1-17-22(16-31-26-25(17)35(10-11-39-26)28(37)40-29(2,3)4)18-6-7-19-14-32-27(34-23(19)12-18)33-21-9-8-20(30-15-21)13-24(36)38-5/h6-9,12,14-16H,10-11,13H2,1-5H3,(H,32,33,34). The van der Waals surface area contributed by atoms with Gasteiger partial charge in [-0.25, -0.2) is 19.7 Å². The average molecular weight is 543 g/mol. The van der Waals surface area contributed by atoms with Crippen LogP contribution in [0.15, 0.2) is 48.9 Å². The number of nitrogens with one attached hydrogen (secondary N) is 1. The van der Waals surface area contributed by atoms with E-state index in [-0.39, 0.29) is 12.4 Å². The average Bonchev–Trinajstić information content (AvgIpc) is 2.92. The number of amides is 1. The molecule has 0 aliphatic carbocycles. The Labute approximate surface area is 231 Å². The van der Waals surface area contributed by atoms with Crippen LogP contribution in [0.3, 0.4) is 0 Å². The molecule has 0 saturated heterocycles. The first kappa shape index (κ1) is 26.8. The van der Waals surface area contributed by atoms with Crippen LogP contribution < -0.4 is 15.0 Å². The van der Waals surface area contributed by atoms with Gasteiger partial charge < -0.3 is 19.5 Å². The van der Waals surface area contributed by atoms with Gasteiger partial charge >= 0.3 is 12.1 Å². The van der Waals surface area contributed by atoms with Crippen LogP contribution in [0.2, 0.25) is 0 Å². The molecule has 11 heteroatoms. The second-order valence-electron chi connectivity index (χ2n) is 10.3. The number of fused-ring (bicyclic) bond motifs is 2. The number of methoxy groups -OCH3 is 1. The quantitative estimate of drug-likeness (QED) is 0.344. The molecule has 0 fully saturated rings. The summed E-state index contributed by atoms with van der Waals surface area (Å²) in [6, 6.07) is 9.42. The number of nitrogens with zero attached hydrogens (tertiary/aromatic N) is 5. The maximum absolute atomic E-state index is 13.0. The van der Waals surface area contributed by atoms with Gasteiger partial charge in [0.1, 0.15) is 17.9 Å². The normalized spacial score (nSPS) is 12.9. The monoisotopic (exact) mass is 542 g/mol. The smallest absolute Gasteiger partial charge is 0.415 e. The Morgan fingerprint density at radius 2 is 1.90 bits per heavy atom. The first-order chi connectivity index (χ1) is 19.1. The Morgan fingerprint density at radius 1 is 1.07 bits per heavy atom. The number of pyridine rings is 2. The molecule has 0 spiro atoms. The van der Waals surface area contributed by atoms with Crippen molar-refractivity contribution < 1.29 is 23.8 Å². The van der Waals surface area contributed by atoms with Gasteiger partial charge in [-0.1, -0.05) is 12.1 Å². The summed E-state index contributed by atoms with van der Waals surface area (Å²) in [5, 5.41) is 4.02. The van der Waals surface area contributed by atoms with Crippen LogP contribution in [-0.2, 0) is 20.7 Å². The van der Waals surface area contributed by atoms with E-state index in [0.29, 0.717) is 42.0 Å². The molecule has 0 saturated carbocycles. The lowest BCUT2D eigenvalue weighted by molar-refractivity contribution is -0.139. The first-order valence-corrected chi connectivity index (χ1v) is 12.8.